The van der Waals surface area contributed by atoms with E-state index in [4.69, 9.17) is 0 Å². The highest BCUT2D eigenvalue weighted by Gasteiger charge is 2.40. The topological polar surface area (TPSA) is 262 Å². The Hall–Kier alpha value is -5.29. The molecule has 0 saturated heterocycles. The normalized spacial score (nSPS) is 10.2. The summed E-state index contributed by atoms with van der Waals surface area (Å²) in [6.07, 6.45) is 0. The molecule has 0 amide bonds. The molecule has 0 N–H and O–H groups in total. The fourth-order valence-electron chi connectivity index (χ4n) is 2.50. The van der Waals surface area contributed by atoms with Gasteiger partial charge < -0.3 is 0 Å². The number of hydrogen-bond acceptors (Lipinski definition) is 13. The Balaban J connectivity index is 3.01. The van der Waals surface area contributed by atoms with Gasteiger partial charge in [-0.25, -0.2) is 0 Å². The molecule has 0 aliphatic rings. The van der Waals surface area contributed by atoms with Crippen LogP contribution in [-0.2, 0) is 0 Å². The van der Waals surface area contributed by atoms with Gasteiger partial charge in [0.25, 0.3) is 28.4 Å². The van der Waals surface area contributed by atoms with Crippen LogP contribution in [0.15, 0.2) is 29.4 Å². The molecule has 0 heterocycles. The van der Waals surface area contributed by atoms with Crippen molar-refractivity contribution >= 4 is 39.9 Å². The molecule has 0 bridgehead atoms. The van der Waals surface area contributed by atoms with E-state index in [1.54, 1.807) is 0 Å². The number of hydrogen-bond donors (Lipinski definition) is 0. The predicted molar refractivity (Wildman–Crippen MR) is 95.0 cm³/mol. The number of ketones is 1. The molecule has 0 aliphatic carbocycles. The molecule has 0 aromatic heterocycles. The smallest absolute Gasteiger partial charge is 0.288 e. The fraction of sp³-hybridized carbons (Fsp3) is 0. The van der Waals surface area contributed by atoms with Crippen molar-refractivity contribution in [3.8, 4) is 0 Å². The number of nitrogens with zero attached hydrogens (tertiary/aromatic N) is 6. The van der Waals surface area contributed by atoms with Gasteiger partial charge in [-0.05, 0) is 5.18 Å². The summed E-state index contributed by atoms with van der Waals surface area (Å²) in [5.41, 5.74) is -10.4. The van der Waals surface area contributed by atoms with E-state index in [2.05, 4.69) is 5.18 Å². The van der Waals surface area contributed by atoms with E-state index in [0.717, 1.165) is 0 Å². The molecule has 0 fully saturated rings. The van der Waals surface area contributed by atoms with Gasteiger partial charge in [-0.3, -0.25) is 55.4 Å². The molecule has 158 valence electrons. The quantitative estimate of drug-likeness (QED) is 0.250. The molecule has 0 radical (unpaired) electrons. The zero-order valence-electron chi connectivity index (χ0n) is 14.4. The van der Waals surface area contributed by atoms with Crippen LogP contribution in [0.25, 0.3) is 0 Å². The molecule has 2 aromatic rings. The average Bonchev–Trinajstić information content (AvgIpc) is 2.70. The van der Waals surface area contributed by atoms with Crippen LogP contribution < -0.4 is 0 Å². The molecular formula is C13H4N6O12. The number of carbonyl (C=O) groups is 1. The van der Waals surface area contributed by atoms with Gasteiger partial charge in [0.15, 0.2) is 5.56 Å². The molecule has 0 saturated carbocycles. The predicted octanol–water partition coefficient (Wildman–Crippen LogP) is 2.86. The molecule has 18 nitrogen and oxygen atoms in total. The summed E-state index contributed by atoms with van der Waals surface area (Å²) in [5, 5.41) is 58.0. The van der Waals surface area contributed by atoms with Crippen LogP contribution in [0.4, 0.5) is 34.1 Å². The van der Waals surface area contributed by atoms with E-state index in [9.17, 15) is 60.3 Å². The SMILES string of the molecule is O=Nc1cc([N+](=O)[O-])cc([N+](=O)[O-])c1C(=O)c1c([N+](=O)[O-])cc([N+](=O)[O-])cc1[N+](=O)[O-]. The van der Waals surface area contributed by atoms with Crippen molar-refractivity contribution in [3.05, 3.63) is 90.9 Å². The van der Waals surface area contributed by atoms with Crippen molar-refractivity contribution in [1.29, 1.82) is 0 Å². The summed E-state index contributed by atoms with van der Waals surface area (Å²) in [7, 11) is 0. The Kier molecular flexibility index (Phi) is 5.67. The van der Waals surface area contributed by atoms with E-state index in [1.165, 1.54) is 0 Å². The van der Waals surface area contributed by atoms with Gasteiger partial charge in [0, 0.05) is 6.07 Å². The maximum Gasteiger partial charge on any atom is 0.294 e. The lowest BCUT2D eigenvalue weighted by Gasteiger charge is -2.07. The van der Waals surface area contributed by atoms with E-state index >= 15 is 0 Å². The van der Waals surface area contributed by atoms with Crippen LogP contribution in [-0.4, -0.2) is 30.4 Å². The molecule has 2 rings (SSSR count). The zero-order valence-corrected chi connectivity index (χ0v) is 14.4. The first kappa shape index (κ1) is 22.0. The summed E-state index contributed by atoms with van der Waals surface area (Å²) >= 11 is 0. The average molecular weight is 436 g/mol. The van der Waals surface area contributed by atoms with Crippen LogP contribution in [0.5, 0.6) is 0 Å². The lowest BCUT2D eigenvalue weighted by atomic mass is 9.96. The van der Waals surface area contributed by atoms with Crippen molar-refractivity contribution in [2.45, 2.75) is 0 Å². The van der Waals surface area contributed by atoms with E-state index in [0.29, 0.717) is 6.07 Å². The third kappa shape index (κ3) is 3.96. The van der Waals surface area contributed by atoms with E-state index in [-0.39, 0.29) is 18.2 Å². The zero-order chi connectivity index (χ0) is 23.6. The Morgan fingerprint density at radius 1 is 0.613 bits per heavy atom. The van der Waals surface area contributed by atoms with Crippen molar-refractivity contribution in [2.75, 3.05) is 0 Å². The van der Waals surface area contributed by atoms with Gasteiger partial charge in [-0.1, -0.05) is 0 Å². The molecule has 0 unspecified atom stereocenters. The number of carbonyl (C=O) groups excluding carboxylic acids is 1. The lowest BCUT2D eigenvalue weighted by Crippen LogP contribution is -2.12. The maximum atomic E-state index is 12.9. The highest BCUT2D eigenvalue weighted by atomic mass is 16.6. The van der Waals surface area contributed by atoms with Gasteiger partial charge >= 0.3 is 0 Å². The summed E-state index contributed by atoms with van der Waals surface area (Å²) < 4.78 is 0. The molecule has 0 spiro atoms. The van der Waals surface area contributed by atoms with Gasteiger partial charge in [0.2, 0.25) is 5.78 Å². The second-order valence-corrected chi connectivity index (χ2v) is 5.42. The second-order valence-electron chi connectivity index (χ2n) is 5.42. The van der Waals surface area contributed by atoms with E-state index in [1.807, 2.05) is 0 Å². The van der Waals surface area contributed by atoms with Gasteiger partial charge in [-0.15, -0.1) is 4.91 Å². The van der Waals surface area contributed by atoms with Crippen LogP contribution in [0.1, 0.15) is 15.9 Å². The maximum absolute atomic E-state index is 12.9. The Morgan fingerprint density at radius 2 is 0.968 bits per heavy atom. The number of nitro benzene ring substituents is 5. The van der Waals surface area contributed by atoms with Gasteiger partial charge in [0.1, 0.15) is 11.3 Å². The second kappa shape index (κ2) is 7.98. The monoisotopic (exact) mass is 436 g/mol. The number of rotatable bonds is 8. The van der Waals surface area contributed by atoms with Crippen molar-refractivity contribution < 1.29 is 29.4 Å². The summed E-state index contributed by atoms with van der Waals surface area (Å²) in [6, 6.07) is 0.984. The molecule has 0 atom stereocenters. The van der Waals surface area contributed by atoms with E-state index < -0.39 is 75.7 Å². The highest BCUT2D eigenvalue weighted by Crippen LogP contribution is 2.41. The summed E-state index contributed by atoms with van der Waals surface area (Å²) in [6.45, 7) is 0. The molecule has 0 aliphatic heterocycles. The minimum Gasteiger partial charge on any atom is -0.288 e. The summed E-state index contributed by atoms with van der Waals surface area (Å²) in [5.74, 6) is -1.84. The Bertz CT molecular complexity index is 1190. The minimum atomic E-state index is -1.84. The molecule has 31 heavy (non-hydrogen) atoms. The Labute approximate surface area is 166 Å². The molecule has 2 aromatic carbocycles. The Morgan fingerprint density at radius 3 is 1.29 bits per heavy atom. The number of nitro groups is 5. The van der Waals surface area contributed by atoms with Gasteiger partial charge in [-0.2, -0.15) is 0 Å². The largest absolute Gasteiger partial charge is 0.294 e. The first-order chi connectivity index (χ1) is 14.4. The number of non-ortho nitro benzene ring substituents is 2. The molecular weight excluding hydrogens is 432 g/mol. The third-order valence-electron chi connectivity index (χ3n) is 3.73. The van der Waals surface area contributed by atoms with Crippen molar-refractivity contribution in [3.63, 3.8) is 0 Å². The number of benzene rings is 2. The van der Waals surface area contributed by atoms with Crippen molar-refractivity contribution in [1.82, 2.24) is 0 Å². The van der Waals surface area contributed by atoms with Crippen LogP contribution in [0.2, 0.25) is 0 Å². The number of nitroso groups, excluding NO2 is 1. The minimum absolute atomic E-state index is 0.200. The van der Waals surface area contributed by atoms with Crippen LogP contribution in [0.3, 0.4) is 0 Å². The fourth-order valence-corrected chi connectivity index (χ4v) is 2.50. The van der Waals surface area contributed by atoms with Crippen LogP contribution in [0, 0.1) is 55.5 Å². The third-order valence-corrected chi connectivity index (χ3v) is 3.73. The van der Waals surface area contributed by atoms with Crippen molar-refractivity contribution in [2.24, 2.45) is 5.18 Å². The van der Waals surface area contributed by atoms with Crippen LogP contribution >= 0.6 is 0 Å². The standard InChI is InChI=1S/C13H4N6O12/c20-13(11-7(14-21)1-5(15(22)23)2-8(11)17(26)27)12-9(18(28)29)3-6(16(24)25)4-10(12)19(30)31/h1-4H. The summed E-state index contributed by atoms with van der Waals surface area (Å²) in [4.78, 5) is 73.3. The first-order valence-corrected chi connectivity index (χ1v) is 7.36. The first-order valence-electron chi connectivity index (χ1n) is 7.36. The lowest BCUT2D eigenvalue weighted by molar-refractivity contribution is -0.403. The highest BCUT2D eigenvalue weighted by molar-refractivity contribution is 6.19. The molecule has 18 heteroatoms. The van der Waals surface area contributed by atoms with Gasteiger partial charge in [0.05, 0.1) is 42.8 Å².